The molecule has 6 rings (SSSR count). The standard InChI is InChI=1S/C25H25ClF3NO5S/c1-12-16-10-15(11-17(12)24(16)35-22-3-2-6-34-22)36(32,33)21-7-13(4-5-18(21)26)25(31)30-14-8-19(27)23(29)20(28)9-14/h4-5,7-9,12,15-17,22,24H,2-3,6,10-11H2,1H3,(H,30,31)/t12-,15?,16?,17?,22?,24+. The Hall–Kier alpha value is -2.14. The molecule has 4 aliphatic rings. The van der Waals surface area contributed by atoms with Crippen LogP contribution in [0.5, 0.6) is 0 Å². The van der Waals surface area contributed by atoms with E-state index in [1.54, 1.807) is 0 Å². The van der Waals surface area contributed by atoms with Crippen molar-refractivity contribution in [1.29, 1.82) is 0 Å². The summed E-state index contributed by atoms with van der Waals surface area (Å²) in [6, 6.07) is 5.03. The van der Waals surface area contributed by atoms with Crippen LogP contribution >= 0.6 is 11.6 Å². The normalized spacial score (nSPS) is 29.6. The van der Waals surface area contributed by atoms with E-state index in [9.17, 15) is 26.4 Å². The minimum atomic E-state index is -3.89. The molecule has 4 fully saturated rings. The van der Waals surface area contributed by atoms with Crippen LogP contribution in [-0.4, -0.2) is 38.6 Å². The topological polar surface area (TPSA) is 81.7 Å². The minimum absolute atomic E-state index is 0.0233. The maximum atomic E-state index is 13.6. The first-order valence-electron chi connectivity index (χ1n) is 11.8. The number of halogens is 4. The summed E-state index contributed by atoms with van der Waals surface area (Å²) in [5.74, 6) is -4.89. The Morgan fingerprint density at radius 2 is 1.78 bits per heavy atom. The summed E-state index contributed by atoms with van der Waals surface area (Å²) in [7, 11) is -3.89. The zero-order valence-corrected chi connectivity index (χ0v) is 20.9. The highest BCUT2D eigenvalue weighted by molar-refractivity contribution is 7.92. The van der Waals surface area contributed by atoms with Gasteiger partial charge in [0.25, 0.3) is 5.91 Å². The Kier molecular flexibility index (Phi) is 6.82. The number of amides is 1. The van der Waals surface area contributed by atoms with Gasteiger partial charge >= 0.3 is 0 Å². The molecule has 0 spiro atoms. The molecule has 3 aliphatic carbocycles. The van der Waals surface area contributed by atoms with Crippen LogP contribution in [0.2, 0.25) is 5.02 Å². The predicted molar refractivity (Wildman–Crippen MR) is 126 cm³/mol. The van der Waals surface area contributed by atoms with Crippen molar-refractivity contribution in [2.75, 3.05) is 11.9 Å². The summed E-state index contributed by atoms with van der Waals surface area (Å²) in [5, 5.41) is 1.55. The highest BCUT2D eigenvalue weighted by atomic mass is 35.5. The van der Waals surface area contributed by atoms with Crippen molar-refractivity contribution in [3.8, 4) is 0 Å². The van der Waals surface area contributed by atoms with Gasteiger partial charge in [-0.25, -0.2) is 21.6 Å². The molecule has 2 aromatic carbocycles. The van der Waals surface area contributed by atoms with E-state index in [1.165, 1.54) is 12.1 Å². The Balaban J connectivity index is 1.33. The van der Waals surface area contributed by atoms with Gasteiger partial charge in [0.05, 0.1) is 21.3 Å². The fraction of sp³-hybridized carbons (Fsp3) is 0.480. The third-order valence-electron chi connectivity index (χ3n) is 7.64. The molecule has 3 saturated carbocycles. The molecule has 2 bridgehead atoms. The maximum absolute atomic E-state index is 13.6. The first-order valence-corrected chi connectivity index (χ1v) is 13.7. The lowest BCUT2D eigenvalue weighted by molar-refractivity contribution is -0.236. The SMILES string of the molecule is C[C@H]1C2CC(S(=O)(=O)c3cc(C(=O)Nc4cc(F)c(F)c(F)c4)ccc3Cl)CC1[C@@H]2OC1CCCO1. The first-order chi connectivity index (χ1) is 17.1. The van der Waals surface area contributed by atoms with E-state index in [0.29, 0.717) is 37.5 Å². The van der Waals surface area contributed by atoms with Gasteiger partial charge in [-0.1, -0.05) is 18.5 Å². The molecule has 2 aromatic rings. The Morgan fingerprint density at radius 1 is 1.11 bits per heavy atom. The number of ether oxygens (including phenoxy) is 2. The van der Waals surface area contributed by atoms with Gasteiger partial charge in [-0.2, -0.15) is 0 Å². The van der Waals surface area contributed by atoms with Crippen molar-refractivity contribution in [3.63, 3.8) is 0 Å². The largest absolute Gasteiger partial charge is 0.353 e. The molecule has 36 heavy (non-hydrogen) atoms. The van der Waals surface area contributed by atoms with Crippen LogP contribution in [0, 0.1) is 35.2 Å². The van der Waals surface area contributed by atoms with Crippen LogP contribution in [0.4, 0.5) is 18.9 Å². The second-order valence-corrected chi connectivity index (χ2v) is 12.3. The number of fused-ring (bicyclic) bond motifs is 2. The summed E-state index contributed by atoms with van der Waals surface area (Å²) in [6.45, 7) is 2.78. The van der Waals surface area contributed by atoms with Crippen LogP contribution in [0.15, 0.2) is 35.2 Å². The van der Waals surface area contributed by atoms with Crippen molar-refractivity contribution < 1.29 is 35.9 Å². The number of hydrogen-bond acceptors (Lipinski definition) is 5. The number of benzene rings is 2. The minimum Gasteiger partial charge on any atom is -0.353 e. The molecule has 3 unspecified atom stereocenters. The van der Waals surface area contributed by atoms with Gasteiger partial charge in [-0.15, -0.1) is 0 Å². The molecular formula is C25H25ClF3NO5S. The van der Waals surface area contributed by atoms with Gasteiger partial charge in [-0.05, 0) is 55.2 Å². The van der Waals surface area contributed by atoms with Gasteiger partial charge < -0.3 is 14.8 Å². The number of carbonyl (C=O) groups is 1. The molecule has 6 nitrogen and oxygen atoms in total. The molecule has 1 N–H and O–H groups in total. The molecule has 1 aliphatic heterocycles. The van der Waals surface area contributed by atoms with E-state index in [-0.39, 0.29) is 45.4 Å². The van der Waals surface area contributed by atoms with Crippen molar-refractivity contribution >= 4 is 33.0 Å². The molecule has 11 heteroatoms. The van der Waals surface area contributed by atoms with E-state index in [4.69, 9.17) is 21.1 Å². The number of sulfone groups is 1. The lowest BCUT2D eigenvalue weighted by Crippen LogP contribution is -2.59. The summed E-state index contributed by atoms with van der Waals surface area (Å²) in [6.07, 6.45) is 2.36. The highest BCUT2D eigenvalue weighted by Crippen LogP contribution is 2.55. The summed E-state index contributed by atoms with van der Waals surface area (Å²) in [5.41, 5.74) is -0.383. The number of rotatable bonds is 6. The number of nitrogens with one attached hydrogen (secondary N) is 1. The van der Waals surface area contributed by atoms with E-state index in [0.717, 1.165) is 18.9 Å². The average Bonchev–Trinajstić information content (AvgIpc) is 3.36. The van der Waals surface area contributed by atoms with Crippen LogP contribution < -0.4 is 5.32 Å². The Morgan fingerprint density at radius 3 is 2.39 bits per heavy atom. The zero-order chi connectivity index (χ0) is 25.8. The summed E-state index contributed by atoms with van der Waals surface area (Å²) in [4.78, 5) is 12.5. The second-order valence-electron chi connectivity index (χ2n) is 9.72. The highest BCUT2D eigenvalue weighted by Gasteiger charge is 2.57. The van der Waals surface area contributed by atoms with Crippen LogP contribution in [0.3, 0.4) is 0 Å². The van der Waals surface area contributed by atoms with E-state index >= 15 is 0 Å². The smallest absolute Gasteiger partial charge is 0.255 e. The second kappa shape index (κ2) is 9.63. The number of carbonyl (C=O) groups excluding carboxylic acids is 1. The Labute approximate surface area is 212 Å². The molecule has 1 saturated heterocycles. The predicted octanol–water partition coefficient (Wildman–Crippen LogP) is 5.35. The van der Waals surface area contributed by atoms with Crippen LogP contribution in [0.25, 0.3) is 0 Å². The fourth-order valence-corrected chi connectivity index (χ4v) is 8.03. The van der Waals surface area contributed by atoms with E-state index < -0.39 is 38.4 Å². The van der Waals surface area contributed by atoms with E-state index in [1.807, 2.05) is 0 Å². The van der Waals surface area contributed by atoms with Crippen molar-refractivity contribution in [2.45, 2.75) is 55.1 Å². The van der Waals surface area contributed by atoms with Crippen LogP contribution in [0.1, 0.15) is 43.0 Å². The quantitative estimate of drug-likeness (QED) is 0.497. The molecule has 0 aromatic heterocycles. The van der Waals surface area contributed by atoms with Crippen molar-refractivity contribution in [3.05, 3.63) is 58.4 Å². The van der Waals surface area contributed by atoms with Crippen molar-refractivity contribution in [2.24, 2.45) is 17.8 Å². The number of hydrogen-bond donors (Lipinski definition) is 1. The summed E-state index contributed by atoms with van der Waals surface area (Å²) >= 11 is 6.25. The number of anilines is 1. The van der Waals surface area contributed by atoms with Gasteiger partial charge in [0.2, 0.25) is 0 Å². The lowest BCUT2D eigenvalue weighted by Gasteiger charge is -2.57. The fourth-order valence-electron chi connectivity index (χ4n) is 5.65. The molecule has 194 valence electrons. The molecular weight excluding hydrogens is 519 g/mol. The van der Waals surface area contributed by atoms with E-state index in [2.05, 4.69) is 12.2 Å². The monoisotopic (exact) mass is 543 g/mol. The first kappa shape index (κ1) is 25.5. The molecule has 1 heterocycles. The lowest BCUT2D eigenvalue weighted by atomic mass is 9.55. The van der Waals surface area contributed by atoms with Gasteiger partial charge in [0.1, 0.15) is 0 Å². The zero-order valence-electron chi connectivity index (χ0n) is 19.3. The third kappa shape index (κ3) is 4.53. The molecule has 0 radical (unpaired) electrons. The summed E-state index contributed by atoms with van der Waals surface area (Å²) < 4.78 is 79.0. The molecule has 3 atom stereocenters. The Bertz CT molecular complexity index is 1260. The van der Waals surface area contributed by atoms with Gasteiger partial charge in [0, 0.05) is 36.4 Å². The third-order valence-corrected chi connectivity index (χ3v) is 10.3. The van der Waals surface area contributed by atoms with Crippen molar-refractivity contribution in [1.82, 2.24) is 0 Å². The van der Waals surface area contributed by atoms with Crippen LogP contribution in [-0.2, 0) is 19.3 Å². The average molecular weight is 544 g/mol. The van der Waals surface area contributed by atoms with Gasteiger partial charge in [-0.3, -0.25) is 4.79 Å². The van der Waals surface area contributed by atoms with Gasteiger partial charge in [0.15, 0.2) is 33.6 Å². The maximum Gasteiger partial charge on any atom is 0.255 e. The molecule has 1 amide bonds.